The maximum absolute atomic E-state index is 12.8. The molecule has 0 heterocycles. The molecule has 0 aliphatic heterocycles. The molecule has 1 unspecified atom stereocenters. The summed E-state index contributed by atoms with van der Waals surface area (Å²) in [6.45, 7) is 6.41. The zero-order valence-corrected chi connectivity index (χ0v) is 47.7. The zero-order valence-electron chi connectivity index (χ0n) is 47.7. The van der Waals surface area contributed by atoms with E-state index in [9.17, 15) is 14.4 Å². The number of esters is 3. The van der Waals surface area contributed by atoms with Crippen molar-refractivity contribution in [3.05, 3.63) is 72.9 Å². The average Bonchev–Trinajstić information content (AvgIpc) is 3.38. The Balaban J connectivity index is 4.09. The molecule has 0 rings (SSSR count). The molecule has 0 N–H and O–H groups in total. The summed E-state index contributed by atoms with van der Waals surface area (Å²) in [7, 11) is 0. The minimum Gasteiger partial charge on any atom is -0.462 e. The van der Waals surface area contributed by atoms with Gasteiger partial charge in [0, 0.05) is 19.3 Å². The van der Waals surface area contributed by atoms with E-state index in [-0.39, 0.29) is 37.5 Å². The molecule has 6 heteroatoms. The highest BCUT2D eigenvalue weighted by Gasteiger charge is 2.19. The second kappa shape index (κ2) is 60.4. The summed E-state index contributed by atoms with van der Waals surface area (Å²) < 4.78 is 16.7. The van der Waals surface area contributed by atoms with Gasteiger partial charge in [0.05, 0.1) is 0 Å². The van der Waals surface area contributed by atoms with Gasteiger partial charge < -0.3 is 14.2 Å². The summed E-state index contributed by atoms with van der Waals surface area (Å²) >= 11 is 0. The van der Waals surface area contributed by atoms with Gasteiger partial charge in [0.1, 0.15) is 13.2 Å². The largest absolute Gasteiger partial charge is 0.462 e. The monoisotopic (exact) mass is 1000 g/mol. The molecular formula is C66H116O6. The Morgan fingerprint density at radius 1 is 0.292 bits per heavy atom. The third-order valence-electron chi connectivity index (χ3n) is 13.4. The number of carbonyl (C=O) groups excluding carboxylic acids is 3. The molecule has 0 saturated carbocycles. The lowest BCUT2D eigenvalue weighted by Gasteiger charge is -2.18. The van der Waals surface area contributed by atoms with Gasteiger partial charge in [-0.2, -0.15) is 0 Å². The number of rotatable bonds is 56. The number of hydrogen-bond donors (Lipinski definition) is 0. The maximum Gasteiger partial charge on any atom is 0.306 e. The van der Waals surface area contributed by atoms with Gasteiger partial charge in [-0.3, -0.25) is 14.4 Å². The molecule has 0 radical (unpaired) electrons. The van der Waals surface area contributed by atoms with Crippen molar-refractivity contribution in [3.63, 3.8) is 0 Å². The van der Waals surface area contributed by atoms with Crippen molar-refractivity contribution in [1.29, 1.82) is 0 Å². The topological polar surface area (TPSA) is 78.9 Å². The Morgan fingerprint density at radius 3 is 0.958 bits per heavy atom. The van der Waals surface area contributed by atoms with Crippen molar-refractivity contribution in [2.75, 3.05) is 13.2 Å². The molecule has 0 aromatic rings. The van der Waals surface area contributed by atoms with Gasteiger partial charge in [-0.25, -0.2) is 0 Å². The standard InChI is InChI=1S/C66H116O6/c1-4-7-10-13-16-19-22-24-25-26-27-28-29-30-31-32-33-34-35-36-37-38-39-40-41-43-44-47-50-53-56-59-65(68)71-62-63(61-70-64(67)58-55-52-49-46-21-18-15-12-9-6-3)72-66(69)60-57-54-51-48-45-42-23-20-17-14-11-8-5-2/h8,11-12,15,17,20,26-27,42,45,51,54,63H,4-7,9-10,13-14,16,18-19,21-25,28-41,43-44,46-50,52-53,55-62H2,1-3H3/b11-8-,15-12-,20-17-,27-26-,45-42-,54-51-. The lowest BCUT2D eigenvalue weighted by molar-refractivity contribution is -0.166. The summed E-state index contributed by atoms with van der Waals surface area (Å²) in [5.74, 6) is -0.991. The lowest BCUT2D eigenvalue weighted by atomic mass is 10.0. The molecule has 416 valence electrons. The highest BCUT2D eigenvalue weighted by Crippen LogP contribution is 2.17. The minimum absolute atomic E-state index is 0.105. The summed E-state index contributed by atoms with van der Waals surface area (Å²) in [5, 5.41) is 0. The fourth-order valence-electron chi connectivity index (χ4n) is 8.81. The van der Waals surface area contributed by atoms with Crippen LogP contribution in [-0.4, -0.2) is 37.2 Å². The van der Waals surface area contributed by atoms with Gasteiger partial charge in [0.25, 0.3) is 0 Å². The second-order valence-corrected chi connectivity index (χ2v) is 20.6. The van der Waals surface area contributed by atoms with E-state index in [0.29, 0.717) is 19.3 Å². The molecule has 0 aromatic carbocycles. The summed E-state index contributed by atoms with van der Waals surface area (Å²) in [6, 6.07) is 0. The van der Waals surface area contributed by atoms with Crippen molar-refractivity contribution in [3.8, 4) is 0 Å². The molecule has 0 saturated heterocycles. The third-order valence-corrected chi connectivity index (χ3v) is 13.4. The van der Waals surface area contributed by atoms with Crippen molar-refractivity contribution < 1.29 is 28.6 Å². The van der Waals surface area contributed by atoms with E-state index in [0.717, 1.165) is 83.5 Å². The maximum atomic E-state index is 12.8. The van der Waals surface area contributed by atoms with Crippen LogP contribution in [0.5, 0.6) is 0 Å². The van der Waals surface area contributed by atoms with Crippen LogP contribution >= 0.6 is 0 Å². The smallest absolute Gasteiger partial charge is 0.306 e. The van der Waals surface area contributed by atoms with E-state index >= 15 is 0 Å². The molecule has 0 aromatic heterocycles. The van der Waals surface area contributed by atoms with Crippen LogP contribution in [0.25, 0.3) is 0 Å². The van der Waals surface area contributed by atoms with Crippen molar-refractivity contribution in [2.24, 2.45) is 0 Å². The summed E-state index contributed by atoms with van der Waals surface area (Å²) in [4.78, 5) is 38.0. The number of ether oxygens (including phenoxy) is 3. The van der Waals surface area contributed by atoms with Crippen molar-refractivity contribution in [1.82, 2.24) is 0 Å². The van der Waals surface area contributed by atoms with Crippen LogP contribution in [0.1, 0.15) is 310 Å². The molecular weight excluding hydrogens is 889 g/mol. The fraction of sp³-hybridized carbons (Fsp3) is 0.773. The molecule has 72 heavy (non-hydrogen) atoms. The SMILES string of the molecule is CC/C=C\C/C=C\C/C=C\C/C=C\CCC(=O)OC(COC(=O)CCCCCCC/C=C\CCC)COC(=O)CCCCCCCCCCCCCCCCCCCCC/C=C\CCCCCCCCCC. The number of allylic oxidation sites excluding steroid dienone is 12. The van der Waals surface area contributed by atoms with Crippen molar-refractivity contribution in [2.45, 2.75) is 316 Å². The number of carbonyl (C=O) groups is 3. The van der Waals surface area contributed by atoms with E-state index < -0.39 is 6.10 Å². The highest BCUT2D eigenvalue weighted by molar-refractivity contribution is 5.71. The molecule has 0 bridgehead atoms. The van der Waals surface area contributed by atoms with Gasteiger partial charge >= 0.3 is 17.9 Å². The molecule has 6 nitrogen and oxygen atoms in total. The van der Waals surface area contributed by atoms with Crippen LogP contribution in [0.3, 0.4) is 0 Å². The number of unbranched alkanes of at least 4 members (excludes halogenated alkanes) is 33. The fourth-order valence-corrected chi connectivity index (χ4v) is 8.81. The van der Waals surface area contributed by atoms with Gasteiger partial charge in [-0.05, 0) is 89.9 Å². The van der Waals surface area contributed by atoms with Gasteiger partial charge in [0.15, 0.2) is 6.10 Å². The van der Waals surface area contributed by atoms with Crippen LogP contribution in [-0.2, 0) is 28.6 Å². The van der Waals surface area contributed by atoms with Gasteiger partial charge in [-0.15, -0.1) is 0 Å². The summed E-state index contributed by atoms with van der Waals surface area (Å²) in [6.07, 6.45) is 78.2. The Bertz CT molecular complexity index is 1340. The predicted molar refractivity (Wildman–Crippen MR) is 311 cm³/mol. The molecule has 1 atom stereocenters. The Morgan fingerprint density at radius 2 is 0.597 bits per heavy atom. The molecule has 0 spiro atoms. The Kier molecular flexibility index (Phi) is 57.8. The second-order valence-electron chi connectivity index (χ2n) is 20.6. The van der Waals surface area contributed by atoms with E-state index in [4.69, 9.17) is 14.2 Å². The van der Waals surface area contributed by atoms with Crippen LogP contribution in [0.4, 0.5) is 0 Å². The van der Waals surface area contributed by atoms with Crippen LogP contribution < -0.4 is 0 Å². The first-order valence-corrected chi connectivity index (χ1v) is 30.9. The first-order valence-electron chi connectivity index (χ1n) is 30.9. The first kappa shape index (κ1) is 68.8. The quantitative estimate of drug-likeness (QED) is 0.0261. The van der Waals surface area contributed by atoms with Crippen LogP contribution in [0.2, 0.25) is 0 Å². The van der Waals surface area contributed by atoms with E-state index in [1.54, 1.807) is 0 Å². The average molecular weight is 1010 g/mol. The predicted octanol–water partition coefficient (Wildman–Crippen LogP) is 20.9. The number of hydrogen-bond acceptors (Lipinski definition) is 6. The minimum atomic E-state index is -0.814. The molecule has 0 fully saturated rings. The normalized spacial score (nSPS) is 12.5. The highest BCUT2D eigenvalue weighted by atomic mass is 16.6. The molecule has 0 amide bonds. The van der Waals surface area contributed by atoms with Gasteiger partial charge in [-0.1, -0.05) is 273 Å². The van der Waals surface area contributed by atoms with E-state index in [2.05, 4.69) is 81.5 Å². The van der Waals surface area contributed by atoms with E-state index in [1.807, 2.05) is 12.2 Å². The Labute approximate surface area is 446 Å². The first-order chi connectivity index (χ1) is 35.5. The third kappa shape index (κ3) is 57.7. The van der Waals surface area contributed by atoms with E-state index in [1.165, 1.54) is 180 Å². The lowest BCUT2D eigenvalue weighted by Crippen LogP contribution is -2.30. The van der Waals surface area contributed by atoms with Crippen molar-refractivity contribution >= 4 is 17.9 Å². The summed E-state index contributed by atoms with van der Waals surface area (Å²) in [5.41, 5.74) is 0. The Hall–Kier alpha value is -3.15. The molecule has 0 aliphatic rings. The molecule has 0 aliphatic carbocycles. The van der Waals surface area contributed by atoms with Crippen LogP contribution in [0, 0.1) is 0 Å². The zero-order chi connectivity index (χ0) is 52.2. The van der Waals surface area contributed by atoms with Crippen LogP contribution in [0.15, 0.2) is 72.9 Å². The van der Waals surface area contributed by atoms with Gasteiger partial charge in [0.2, 0.25) is 0 Å².